The molecule has 0 atom stereocenters. The van der Waals surface area contributed by atoms with Crippen molar-refractivity contribution in [2.45, 2.75) is 11.5 Å². The molecule has 0 spiro atoms. The van der Waals surface area contributed by atoms with Crippen LogP contribution in [0.4, 0.5) is 0 Å². The fourth-order valence-corrected chi connectivity index (χ4v) is 3.62. The first-order valence-corrected chi connectivity index (χ1v) is 7.18. The molecule has 1 aromatic heterocycles. The molecule has 1 aliphatic rings. The predicted octanol–water partition coefficient (Wildman–Crippen LogP) is 1.17. The Balaban J connectivity index is 2.07. The molecule has 0 radical (unpaired) electrons. The van der Waals surface area contributed by atoms with E-state index in [0.29, 0.717) is 5.56 Å². The fraction of sp³-hybridized carbons (Fsp3) is 0.167. The molecule has 0 saturated carbocycles. The second-order valence-electron chi connectivity index (χ2n) is 4.22. The molecule has 1 aromatic carbocycles. The van der Waals surface area contributed by atoms with E-state index in [1.807, 2.05) is 6.07 Å². The lowest BCUT2D eigenvalue weighted by atomic mass is 10.2. The van der Waals surface area contributed by atoms with Gasteiger partial charge in [0.25, 0.3) is 0 Å². The van der Waals surface area contributed by atoms with Crippen molar-refractivity contribution in [1.82, 2.24) is 9.78 Å². The second-order valence-corrected chi connectivity index (χ2v) is 6.28. The quantitative estimate of drug-likeness (QED) is 0.770. The number of hydrogen-bond acceptors (Lipinski definition) is 4. The molecule has 0 aliphatic carbocycles. The summed E-state index contributed by atoms with van der Waals surface area (Å²) in [6.07, 6.45) is 1.60. The van der Waals surface area contributed by atoms with Gasteiger partial charge in [0.15, 0.2) is 9.84 Å². The molecular formula is C12H9N3O2S. The van der Waals surface area contributed by atoms with E-state index in [9.17, 15) is 8.42 Å². The number of sulfone groups is 1. The van der Waals surface area contributed by atoms with Crippen LogP contribution in [0.5, 0.6) is 0 Å². The maximum Gasteiger partial charge on any atom is 0.160 e. The van der Waals surface area contributed by atoms with Gasteiger partial charge in [-0.05, 0) is 24.3 Å². The van der Waals surface area contributed by atoms with Gasteiger partial charge in [-0.1, -0.05) is 0 Å². The standard InChI is InChI=1S/C12H9N3O2S/c13-5-9-1-3-11(4-2-9)15-12-8-18(16,17)7-10(12)6-14-15/h1-4,6H,7-8H2. The predicted molar refractivity (Wildman–Crippen MR) is 64.6 cm³/mol. The van der Waals surface area contributed by atoms with Crippen molar-refractivity contribution >= 4 is 9.84 Å². The Morgan fingerprint density at radius 2 is 1.94 bits per heavy atom. The summed E-state index contributed by atoms with van der Waals surface area (Å²) in [6, 6.07) is 8.94. The number of fused-ring (bicyclic) bond motifs is 1. The minimum absolute atomic E-state index is 0.0301. The summed E-state index contributed by atoms with van der Waals surface area (Å²) in [5.41, 5.74) is 2.82. The third kappa shape index (κ3) is 1.69. The summed E-state index contributed by atoms with van der Waals surface area (Å²) in [4.78, 5) is 0. The molecule has 90 valence electrons. The Hall–Kier alpha value is -2.13. The summed E-state index contributed by atoms with van der Waals surface area (Å²) in [5.74, 6) is 0.0982. The normalized spacial score (nSPS) is 16.2. The van der Waals surface area contributed by atoms with Gasteiger partial charge in [0, 0.05) is 5.56 Å². The highest BCUT2D eigenvalue weighted by Crippen LogP contribution is 2.26. The van der Waals surface area contributed by atoms with Gasteiger partial charge in [-0.15, -0.1) is 0 Å². The number of benzene rings is 1. The van der Waals surface area contributed by atoms with Gasteiger partial charge in [-0.3, -0.25) is 0 Å². The Kier molecular flexibility index (Phi) is 2.25. The van der Waals surface area contributed by atoms with E-state index in [4.69, 9.17) is 5.26 Å². The highest BCUT2D eigenvalue weighted by molar-refractivity contribution is 7.90. The summed E-state index contributed by atoms with van der Waals surface area (Å²) in [5, 5.41) is 12.9. The van der Waals surface area contributed by atoms with Crippen molar-refractivity contribution in [2.75, 3.05) is 0 Å². The van der Waals surface area contributed by atoms with Crippen molar-refractivity contribution in [3.63, 3.8) is 0 Å². The zero-order chi connectivity index (χ0) is 12.8. The van der Waals surface area contributed by atoms with Gasteiger partial charge in [0.1, 0.15) is 0 Å². The van der Waals surface area contributed by atoms with Crippen LogP contribution in [0.15, 0.2) is 30.5 Å². The Bertz CT molecular complexity index is 752. The Morgan fingerprint density at radius 1 is 1.22 bits per heavy atom. The largest absolute Gasteiger partial charge is 0.236 e. The monoisotopic (exact) mass is 259 g/mol. The molecular weight excluding hydrogens is 250 g/mol. The van der Waals surface area contributed by atoms with Crippen molar-refractivity contribution in [3.8, 4) is 11.8 Å². The van der Waals surface area contributed by atoms with Gasteiger partial charge in [-0.2, -0.15) is 10.4 Å². The van der Waals surface area contributed by atoms with E-state index in [1.54, 1.807) is 35.1 Å². The van der Waals surface area contributed by atoms with Crippen molar-refractivity contribution in [3.05, 3.63) is 47.3 Å². The number of nitrogens with zero attached hydrogens (tertiary/aromatic N) is 3. The minimum atomic E-state index is -3.02. The molecule has 5 nitrogen and oxygen atoms in total. The van der Waals surface area contributed by atoms with Crippen LogP contribution in [-0.4, -0.2) is 18.2 Å². The van der Waals surface area contributed by atoms with Crippen LogP contribution in [-0.2, 0) is 21.3 Å². The molecule has 6 heteroatoms. The van der Waals surface area contributed by atoms with Crippen LogP contribution in [0.2, 0.25) is 0 Å². The summed E-state index contributed by atoms with van der Waals surface area (Å²) in [6.45, 7) is 0. The average Bonchev–Trinajstić information content (AvgIpc) is 2.84. The lowest BCUT2D eigenvalue weighted by Crippen LogP contribution is -2.04. The molecule has 0 amide bonds. The van der Waals surface area contributed by atoms with Gasteiger partial charge >= 0.3 is 0 Å². The number of aromatic nitrogens is 2. The zero-order valence-corrected chi connectivity index (χ0v) is 10.2. The topological polar surface area (TPSA) is 75.8 Å². The van der Waals surface area contributed by atoms with Crippen LogP contribution in [0.1, 0.15) is 16.8 Å². The van der Waals surface area contributed by atoms with Gasteiger partial charge < -0.3 is 0 Å². The smallest absolute Gasteiger partial charge is 0.160 e. The highest BCUT2D eigenvalue weighted by Gasteiger charge is 2.29. The second kappa shape index (κ2) is 3.68. The molecule has 0 fully saturated rings. The maximum absolute atomic E-state index is 11.5. The minimum Gasteiger partial charge on any atom is -0.236 e. The van der Waals surface area contributed by atoms with Gasteiger partial charge in [-0.25, -0.2) is 13.1 Å². The first-order valence-electron chi connectivity index (χ1n) is 5.36. The van der Waals surface area contributed by atoms with E-state index >= 15 is 0 Å². The lowest BCUT2D eigenvalue weighted by molar-refractivity contribution is 0.596. The van der Waals surface area contributed by atoms with Crippen molar-refractivity contribution in [1.29, 1.82) is 5.26 Å². The Labute approximate surface area is 104 Å². The third-order valence-electron chi connectivity index (χ3n) is 2.93. The first-order chi connectivity index (χ1) is 8.59. The van der Waals surface area contributed by atoms with Crippen LogP contribution in [0, 0.1) is 11.3 Å². The van der Waals surface area contributed by atoms with E-state index < -0.39 is 9.84 Å². The number of rotatable bonds is 1. The number of hydrogen-bond donors (Lipinski definition) is 0. The SMILES string of the molecule is N#Cc1ccc(-n2ncc3c2CS(=O)(=O)C3)cc1. The molecule has 0 unspecified atom stereocenters. The van der Waals surface area contributed by atoms with Crippen LogP contribution in [0.25, 0.3) is 5.69 Å². The molecule has 1 aliphatic heterocycles. The fourth-order valence-electron chi connectivity index (χ4n) is 2.08. The van der Waals surface area contributed by atoms with Crippen LogP contribution in [0.3, 0.4) is 0 Å². The third-order valence-corrected chi connectivity index (χ3v) is 4.39. The molecule has 18 heavy (non-hydrogen) atoms. The highest BCUT2D eigenvalue weighted by atomic mass is 32.2. The van der Waals surface area contributed by atoms with E-state index in [0.717, 1.165) is 16.9 Å². The molecule has 0 N–H and O–H groups in total. The number of nitriles is 1. The van der Waals surface area contributed by atoms with E-state index in [-0.39, 0.29) is 11.5 Å². The molecule has 2 heterocycles. The van der Waals surface area contributed by atoms with Crippen molar-refractivity contribution in [2.24, 2.45) is 0 Å². The zero-order valence-electron chi connectivity index (χ0n) is 9.37. The summed E-state index contributed by atoms with van der Waals surface area (Å²) < 4.78 is 24.7. The van der Waals surface area contributed by atoms with E-state index in [1.165, 1.54) is 0 Å². The molecule has 0 bridgehead atoms. The van der Waals surface area contributed by atoms with Crippen molar-refractivity contribution < 1.29 is 8.42 Å². The van der Waals surface area contributed by atoms with Crippen LogP contribution < -0.4 is 0 Å². The lowest BCUT2D eigenvalue weighted by Gasteiger charge is -2.04. The van der Waals surface area contributed by atoms with Crippen LogP contribution >= 0.6 is 0 Å². The van der Waals surface area contributed by atoms with Gasteiger partial charge in [0.2, 0.25) is 0 Å². The van der Waals surface area contributed by atoms with E-state index in [2.05, 4.69) is 5.10 Å². The first kappa shape index (κ1) is 11.0. The molecule has 0 saturated heterocycles. The van der Waals surface area contributed by atoms with Gasteiger partial charge in [0.05, 0.1) is 40.7 Å². The molecule has 3 rings (SSSR count). The average molecular weight is 259 g/mol. The molecule has 2 aromatic rings. The summed E-state index contributed by atoms with van der Waals surface area (Å²) in [7, 11) is -3.02. The summed E-state index contributed by atoms with van der Waals surface area (Å²) >= 11 is 0. The Morgan fingerprint density at radius 3 is 2.61 bits per heavy atom. The maximum atomic E-state index is 11.5.